The van der Waals surface area contributed by atoms with E-state index in [2.05, 4.69) is 5.32 Å². The normalized spacial score (nSPS) is 11.3. The highest BCUT2D eigenvalue weighted by Gasteiger charge is 2.31. The minimum absolute atomic E-state index is 0.115. The van der Waals surface area contributed by atoms with Crippen molar-refractivity contribution in [1.29, 1.82) is 0 Å². The van der Waals surface area contributed by atoms with E-state index in [4.69, 9.17) is 11.5 Å². The fourth-order valence-electron chi connectivity index (χ4n) is 2.07. The molecule has 0 aromatic heterocycles. The molecule has 1 amide bonds. The summed E-state index contributed by atoms with van der Waals surface area (Å²) in [5, 5.41) is 2.86. The summed E-state index contributed by atoms with van der Waals surface area (Å²) in [5.74, 6) is -0.115. The molecule has 0 atom stereocenters. The molecule has 18 heavy (non-hydrogen) atoms. The molecule has 0 bridgehead atoms. The van der Waals surface area contributed by atoms with E-state index in [-0.39, 0.29) is 5.91 Å². The molecule has 0 saturated carbocycles. The number of nitrogen functional groups attached to an aromatic ring is 1. The van der Waals surface area contributed by atoms with Gasteiger partial charge in [0.1, 0.15) is 0 Å². The number of anilines is 2. The van der Waals surface area contributed by atoms with Gasteiger partial charge < -0.3 is 16.8 Å². The van der Waals surface area contributed by atoms with Crippen molar-refractivity contribution in [2.24, 2.45) is 5.73 Å². The first kappa shape index (κ1) is 14.5. The van der Waals surface area contributed by atoms with Crippen LogP contribution >= 0.6 is 0 Å². The zero-order valence-electron chi connectivity index (χ0n) is 11.2. The van der Waals surface area contributed by atoms with Crippen LogP contribution in [-0.2, 0) is 4.79 Å². The van der Waals surface area contributed by atoms with E-state index in [1.807, 2.05) is 13.8 Å². The van der Waals surface area contributed by atoms with Gasteiger partial charge in [0.15, 0.2) is 0 Å². The molecule has 1 rings (SSSR count). The molecular formula is C14H23N3O. The van der Waals surface area contributed by atoms with Gasteiger partial charge in [0, 0.05) is 11.4 Å². The fourth-order valence-corrected chi connectivity index (χ4v) is 2.07. The number of hydrogen-bond donors (Lipinski definition) is 3. The molecule has 0 fully saturated rings. The minimum Gasteiger partial charge on any atom is -0.399 e. The number of benzene rings is 1. The van der Waals surface area contributed by atoms with Gasteiger partial charge in [-0.1, -0.05) is 26.7 Å². The maximum atomic E-state index is 12.2. The minimum atomic E-state index is -0.773. The van der Waals surface area contributed by atoms with Crippen LogP contribution in [0.25, 0.3) is 0 Å². The molecule has 0 aliphatic carbocycles. The lowest BCUT2D eigenvalue weighted by molar-refractivity contribution is -0.121. The standard InChI is InChI=1S/C14H23N3O/c1-3-9-14(16,10-4-2)13(18)17-12-7-5-11(15)6-8-12/h5-8H,3-4,9-10,15-16H2,1-2H3,(H,17,18). The first-order chi connectivity index (χ1) is 8.51. The third-order valence-electron chi connectivity index (χ3n) is 3.01. The second-order valence-electron chi connectivity index (χ2n) is 4.73. The molecule has 0 unspecified atom stereocenters. The largest absolute Gasteiger partial charge is 0.399 e. The van der Waals surface area contributed by atoms with Gasteiger partial charge >= 0.3 is 0 Å². The highest BCUT2D eigenvalue weighted by Crippen LogP contribution is 2.20. The molecule has 0 aliphatic heterocycles. The molecule has 4 nitrogen and oxygen atoms in total. The fraction of sp³-hybridized carbons (Fsp3) is 0.500. The quantitative estimate of drug-likeness (QED) is 0.677. The smallest absolute Gasteiger partial charge is 0.244 e. The molecular weight excluding hydrogens is 226 g/mol. The maximum Gasteiger partial charge on any atom is 0.244 e. The molecule has 4 heteroatoms. The van der Waals surface area contributed by atoms with Crippen LogP contribution in [0.4, 0.5) is 11.4 Å². The monoisotopic (exact) mass is 249 g/mol. The Morgan fingerprint density at radius 2 is 1.67 bits per heavy atom. The first-order valence-corrected chi connectivity index (χ1v) is 6.47. The van der Waals surface area contributed by atoms with Gasteiger partial charge in [-0.3, -0.25) is 4.79 Å². The van der Waals surface area contributed by atoms with Gasteiger partial charge in [0.05, 0.1) is 5.54 Å². The number of nitrogens with one attached hydrogen (secondary N) is 1. The lowest BCUT2D eigenvalue weighted by Crippen LogP contribution is -2.51. The molecule has 0 spiro atoms. The molecule has 0 saturated heterocycles. The van der Waals surface area contributed by atoms with E-state index in [9.17, 15) is 4.79 Å². The van der Waals surface area contributed by atoms with Gasteiger partial charge in [-0.25, -0.2) is 0 Å². The van der Waals surface area contributed by atoms with Crippen LogP contribution in [0.15, 0.2) is 24.3 Å². The molecule has 1 aromatic carbocycles. The molecule has 0 heterocycles. The first-order valence-electron chi connectivity index (χ1n) is 6.47. The number of carbonyl (C=O) groups excluding carboxylic acids is 1. The van der Waals surface area contributed by atoms with Gasteiger partial charge in [0.25, 0.3) is 0 Å². The topological polar surface area (TPSA) is 81.1 Å². The summed E-state index contributed by atoms with van der Waals surface area (Å²) < 4.78 is 0. The van der Waals surface area contributed by atoms with Crippen molar-refractivity contribution >= 4 is 17.3 Å². The van der Waals surface area contributed by atoms with E-state index in [0.717, 1.165) is 18.5 Å². The number of rotatable bonds is 6. The number of nitrogens with two attached hydrogens (primary N) is 2. The van der Waals surface area contributed by atoms with Gasteiger partial charge in [-0.2, -0.15) is 0 Å². The lowest BCUT2D eigenvalue weighted by Gasteiger charge is -2.27. The Hall–Kier alpha value is -1.55. The molecule has 0 radical (unpaired) electrons. The second-order valence-corrected chi connectivity index (χ2v) is 4.73. The van der Waals surface area contributed by atoms with Crippen molar-refractivity contribution in [2.45, 2.75) is 45.1 Å². The predicted octanol–water partition coefficient (Wildman–Crippen LogP) is 2.51. The van der Waals surface area contributed by atoms with Crippen LogP contribution in [0.1, 0.15) is 39.5 Å². The van der Waals surface area contributed by atoms with Crippen LogP contribution in [0.3, 0.4) is 0 Å². The van der Waals surface area contributed by atoms with E-state index < -0.39 is 5.54 Å². The Balaban J connectivity index is 2.75. The van der Waals surface area contributed by atoms with Crippen LogP contribution in [0, 0.1) is 0 Å². The third kappa shape index (κ3) is 3.74. The Morgan fingerprint density at radius 1 is 1.17 bits per heavy atom. The maximum absolute atomic E-state index is 12.2. The summed E-state index contributed by atoms with van der Waals surface area (Å²) in [6.07, 6.45) is 3.18. The lowest BCUT2D eigenvalue weighted by atomic mass is 9.89. The summed E-state index contributed by atoms with van der Waals surface area (Å²) in [4.78, 5) is 12.2. The Labute approximate surface area is 109 Å². The molecule has 100 valence electrons. The Kier molecular flexibility index (Phi) is 5.16. The average Bonchev–Trinajstić information content (AvgIpc) is 2.32. The summed E-state index contributed by atoms with van der Waals surface area (Å²) in [6.45, 7) is 4.07. The highest BCUT2D eigenvalue weighted by molar-refractivity contribution is 5.98. The van der Waals surface area contributed by atoms with Crippen LogP contribution in [0.2, 0.25) is 0 Å². The number of hydrogen-bond acceptors (Lipinski definition) is 3. The van der Waals surface area contributed by atoms with Crippen LogP contribution < -0.4 is 16.8 Å². The third-order valence-corrected chi connectivity index (χ3v) is 3.01. The summed E-state index contributed by atoms with van der Waals surface area (Å²) in [7, 11) is 0. The van der Waals surface area contributed by atoms with Gasteiger partial charge in [0.2, 0.25) is 5.91 Å². The van der Waals surface area contributed by atoms with Crippen molar-refractivity contribution in [2.75, 3.05) is 11.1 Å². The van der Waals surface area contributed by atoms with Gasteiger partial charge in [-0.15, -0.1) is 0 Å². The summed E-state index contributed by atoms with van der Waals surface area (Å²) >= 11 is 0. The van der Waals surface area contributed by atoms with E-state index in [0.29, 0.717) is 18.5 Å². The molecule has 0 aliphatic rings. The zero-order chi connectivity index (χ0) is 13.6. The highest BCUT2D eigenvalue weighted by atomic mass is 16.2. The molecule has 1 aromatic rings. The second kappa shape index (κ2) is 6.40. The van der Waals surface area contributed by atoms with E-state index in [1.54, 1.807) is 24.3 Å². The average molecular weight is 249 g/mol. The Bertz CT molecular complexity index is 381. The Morgan fingerprint density at radius 3 is 2.11 bits per heavy atom. The van der Waals surface area contributed by atoms with Crippen molar-refractivity contribution in [3.8, 4) is 0 Å². The van der Waals surface area contributed by atoms with Gasteiger partial charge in [-0.05, 0) is 37.1 Å². The summed E-state index contributed by atoms with van der Waals surface area (Å²) in [6, 6.07) is 7.08. The summed E-state index contributed by atoms with van der Waals surface area (Å²) in [5.41, 5.74) is 12.4. The van der Waals surface area contributed by atoms with Crippen LogP contribution in [0.5, 0.6) is 0 Å². The van der Waals surface area contributed by atoms with E-state index in [1.165, 1.54) is 0 Å². The van der Waals surface area contributed by atoms with Crippen LogP contribution in [-0.4, -0.2) is 11.4 Å². The van der Waals surface area contributed by atoms with Crippen molar-refractivity contribution in [3.05, 3.63) is 24.3 Å². The predicted molar refractivity (Wildman–Crippen MR) is 76.2 cm³/mol. The SMILES string of the molecule is CCCC(N)(CCC)C(=O)Nc1ccc(N)cc1. The zero-order valence-corrected chi connectivity index (χ0v) is 11.2. The molecule has 5 N–H and O–H groups in total. The van der Waals surface area contributed by atoms with E-state index >= 15 is 0 Å². The van der Waals surface area contributed by atoms with Crippen molar-refractivity contribution < 1.29 is 4.79 Å². The number of amides is 1. The van der Waals surface area contributed by atoms with Crippen molar-refractivity contribution in [1.82, 2.24) is 0 Å². The van der Waals surface area contributed by atoms with Crippen molar-refractivity contribution in [3.63, 3.8) is 0 Å². The number of carbonyl (C=O) groups is 1.